The summed E-state index contributed by atoms with van der Waals surface area (Å²) in [5.74, 6) is -0.281. The number of alkyl halides is 3. The van der Waals surface area contributed by atoms with Crippen LogP contribution in [0.5, 0.6) is 11.5 Å². The normalized spacial score (nSPS) is 12.1. The number of hydrogen-bond acceptors (Lipinski definition) is 3. The predicted molar refractivity (Wildman–Crippen MR) is 76.1 cm³/mol. The Balaban J connectivity index is 3.04. The van der Waals surface area contributed by atoms with Crippen LogP contribution in [0.2, 0.25) is 0 Å². The van der Waals surface area contributed by atoms with Gasteiger partial charge in [-0.3, -0.25) is 4.79 Å². The number of hydrogen-bond donors (Lipinski definition) is 0. The van der Waals surface area contributed by atoms with E-state index in [-0.39, 0.29) is 17.4 Å². The molecule has 0 heterocycles. The van der Waals surface area contributed by atoms with E-state index < -0.39 is 12.0 Å². The van der Waals surface area contributed by atoms with Crippen molar-refractivity contribution >= 4 is 17.5 Å². The topological polar surface area (TPSA) is 38.8 Å². The number of carbonyl (C=O) groups is 1. The molecule has 0 aliphatic carbocycles. The second-order valence-corrected chi connectivity index (χ2v) is 4.60. The van der Waals surface area contributed by atoms with Gasteiger partial charge in [0, 0.05) is 13.1 Å². The summed E-state index contributed by atoms with van der Waals surface area (Å²) in [6.45, 7) is 1.74. The molecule has 0 spiro atoms. The Morgan fingerprint density at radius 2 is 1.90 bits per heavy atom. The molecule has 118 valence electrons. The standard InChI is InChI=1S/C14H18ClF2NO3/c1-4-18(5-2)13(19)12(15)9-6-7-10(20-3)11(8-9)21-14(16)17/h6-8,12,14H,4-5H2,1-3H3. The SMILES string of the molecule is CCN(CC)C(=O)C(Cl)c1ccc(OC)c(OC(F)F)c1. The maximum atomic E-state index is 12.4. The van der Waals surface area contributed by atoms with Crippen molar-refractivity contribution in [3.05, 3.63) is 23.8 Å². The Kier molecular flexibility index (Phi) is 6.68. The van der Waals surface area contributed by atoms with E-state index >= 15 is 0 Å². The van der Waals surface area contributed by atoms with Crippen LogP contribution in [0.4, 0.5) is 8.78 Å². The van der Waals surface area contributed by atoms with Gasteiger partial charge in [-0.05, 0) is 31.5 Å². The summed E-state index contributed by atoms with van der Waals surface area (Å²) in [4.78, 5) is 13.7. The maximum absolute atomic E-state index is 12.4. The van der Waals surface area contributed by atoms with Crippen molar-refractivity contribution in [1.29, 1.82) is 0 Å². The van der Waals surface area contributed by atoms with Gasteiger partial charge in [0.15, 0.2) is 11.5 Å². The van der Waals surface area contributed by atoms with Gasteiger partial charge in [0.2, 0.25) is 5.91 Å². The van der Waals surface area contributed by atoms with Crippen molar-refractivity contribution < 1.29 is 23.0 Å². The van der Waals surface area contributed by atoms with Crippen molar-refractivity contribution in [2.45, 2.75) is 25.8 Å². The summed E-state index contributed by atoms with van der Waals surface area (Å²) in [6.07, 6.45) is 0. The highest BCUT2D eigenvalue weighted by Gasteiger charge is 2.23. The Morgan fingerprint density at radius 3 is 2.38 bits per heavy atom. The predicted octanol–water partition coefficient (Wildman–Crippen LogP) is 3.44. The molecule has 1 rings (SSSR count). The van der Waals surface area contributed by atoms with Gasteiger partial charge in [0.05, 0.1) is 7.11 Å². The maximum Gasteiger partial charge on any atom is 0.387 e. The van der Waals surface area contributed by atoms with Crippen LogP contribution in [-0.2, 0) is 4.79 Å². The summed E-state index contributed by atoms with van der Waals surface area (Å²) >= 11 is 6.14. The molecule has 1 atom stereocenters. The molecule has 1 amide bonds. The molecule has 0 radical (unpaired) electrons. The lowest BCUT2D eigenvalue weighted by Crippen LogP contribution is -2.33. The second-order valence-electron chi connectivity index (χ2n) is 4.16. The number of halogens is 3. The van der Waals surface area contributed by atoms with Gasteiger partial charge in [-0.2, -0.15) is 8.78 Å². The van der Waals surface area contributed by atoms with Gasteiger partial charge in [-0.15, -0.1) is 11.6 Å². The highest BCUT2D eigenvalue weighted by atomic mass is 35.5. The summed E-state index contributed by atoms with van der Waals surface area (Å²) in [5.41, 5.74) is 0.380. The average Bonchev–Trinajstić information content (AvgIpc) is 2.46. The summed E-state index contributed by atoms with van der Waals surface area (Å²) < 4.78 is 34.1. The molecule has 0 aliphatic heterocycles. The first-order valence-corrected chi connectivity index (χ1v) is 6.93. The monoisotopic (exact) mass is 321 g/mol. The molecule has 1 aromatic rings. The van der Waals surface area contributed by atoms with Crippen LogP contribution in [0.1, 0.15) is 24.8 Å². The molecule has 0 saturated heterocycles. The lowest BCUT2D eigenvalue weighted by atomic mass is 10.1. The van der Waals surface area contributed by atoms with E-state index in [1.165, 1.54) is 19.2 Å². The first kappa shape index (κ1) is 17.5. The third kappa shape index (κ3) is 4.46. The lowest BCUT2D eigenvalue weighted by molar-refractivity contribution is -0.130. The minimum Gasteiger partial charge on any atom is -0.493 e. The van der Waals surface area contributed by atoms with Crippen LogP contribution >= 0.6 is 11.6 Å². The van der Waals surface area contributed by atoms with E-state index in [9.17, 15) is 13.6 Å². The van der Waals surface area contributed by atoms with Gasteiger partial charge in [-0.25, -0.2) is 0 Å². The molecular weight excluding hydrogens is 304 g/mol. The molecule has 1 unspecified atom stereocenters. The molecule has 0 N–H and O–H groups in total. The van der Waals surface area contributed by atoms with Crippen LogP contribution in [0.15, 0.2) is 18.2 Å². The fraction of sp³-hybridized carbons (Fsp3) is 0.500. The molecule has 0 aromatic heterocycles. The highest BCUT2D eigenvalue weighted by molar-refractivity contribution is 6.30. The minimum absolute atomic E-state index is 0.150. The van der Waals surface area contributed by atoms with E-state index in [2.05, 4.69) is 4.74 Å². The molecule has 0 saturated carbocycles. The highest BCUT2D eigenvalue weighted by Crippen LogP contribution is 2.34. The van der Waals surface area contributed by atoms with Crippen LogP contribution in [0, 0.1) is 0 Å². The minimum atomic E-state index is -2.98. The van der Waals surface area contributed by atoms with Crippen molar-refractivity contribution in [2.24, 2.45) is 0 Å². The lowest BCUT2D eigenvalue weighted by Gasteiger charge is -2.22. The third-order valence-corrected chi connectivity index (χ3v) is 3.43. The number of nitrogens with zero attached hydrogens (tertiary/aromatic N) is 1. The molecule has 7 heteroatoms. The van der Waals surface area contributed by atoms with Crippen molar-refractivity contribution in [1.82, 2.24) is 4.90 Å². The number of benzene rings is 1. The molecular formula is C14H18ClF2NO3. The summed E-state index contributed by atoms with van der Waals surface area (Å²) in [7, 11) is 1.34. The van der Waals surface area contributed by atoms with Crippen molar-refractivity contribution in [3.8, 4) is 11.5 Å². The summed E-state index contributed by atoms with van der Waals surface area (Å²) in [6, 6.07) is 4.29. The Hall–Kier alpha value is -1.56. The van der Waals surface area contributed by atoms with Crippen LogP contribution in [0.25, 0.3) is 0 Å². The van der Waals surface area contributed by atoms with Gasteiger partial charge < -0.3 is 14.4 Å². The third-order valence-electron chi connectivity index (χ3n) is 2.99. The number of likely N-dealkylation sites (N-methyl/N-ethyl adjacent to an activating group) is 1. The second kappa shape index (κ2) is 8.02. The van der Waals surface area contributed by atoms with E-state index in [4.69, 9.17) is 16.3 Å². The fourth-order valence-electron chi connectivity index (χ4n) is 1.88. The number of amides is 1. The molecule has 0 aliphatic rings. The van der Waals surface area contributed by atoms with Crippen molar-refractivity contribution in [3.63, 3.8) is 0 Å². The Bertz CT molecular complexity index is 481. The molecule has 0 bridgehead atoms. The first-order chi connectivity index (χ1) is 9.94. The Morgan fingerprint density at radius 1 is 1.29 bits per heavy atom. The van der Waals surface area contributed by atoms with Crippen LogP contribution in [-0.4, -0.2) is 37.6 Å². The molecule has 4 nitrogen and oxygen atoms in total. The zero-order valence-corrected chi connectivity index (χ0v) is 12.9. The van der Waals surface area contributed by atoms with E-state index in [1.54, 1.807) is 11.0 Å². The first-order valence-electron chi connectivity index (χ1n) is 6.50. The zero-order chi connectivity index (χ0) is 16.0. The van der Waals surface area contributed by atoms with Gasteiger partial charge in [0.1, 0.15) is 5.38 Å². The molecule has 1 aromatic carbocycles. The van der Waals surface area contributed by atoms with Gasteiger partial charge >= 0.3 is 6.61 Å². The number of methoxy groups -OCH3 is 1. The van der Waals surface area contributed by atoms with Crippen LogP contribution < -0.4 is 9.47 Å². The average molecular weight is 322 g/mol. The Labute approximate surface area is 127 Å². The number of carbonyl (C=O) groups excluding carboxylic acids is 1. The zero-order valence-electron chi connectivity index (χ0n) is 12.1. The number of rotatable bonds is 7. The fourth-order valence-corrected chi connectivity index (χ4v) is 2.15. The largest absolute Gasteiger partial charge is 0.493 e. The molecule has 0 fully saturated rings. The van der Waals surface area contributed by atoms with E-state index in [1.807, 2.05) is 13.8 Å². The van der Waals surface area contributed by atoms with Crippen molar-refractivity contribution in [2.75, 3.05) is 20.2 Å². The van der Waals surface area contributed by atoms with E-state index in [0.29, 0.717) is 18.7 Å². The van der Waals surface area contributed by atoms with Gasteiger partial charge in [0.25, 0.3) is 0 Å². The summed E-state index contributed by atoms with van der Waals surface area (Å²) in [5, 5.41) is -0.962. The smallest absolute Gasteiger partial charge is 0.387 e. The quantitative estimate of drug-likeness (QED) is 0.722. The van der Waals surface area contributed by atoms with E-state index in [0.717, 1.165) is 0 Å². The van der Waals surface area contributed by atoms with Crippen LogP contribution in [0.3, 0.4) is 0 Å². The molecule has 21 heavy (non-hydrogen) atoms. The van der Waals surface area contributed by atoms with Gasteiger partial charge in [-0.1, -0.05) is 6.07 Å². The number of ether oxygens (including phenoxy) is 2.